The first kappa shape index (κ1) is 18.1. The van der Waals surface area contributed by atoms with E-state index in [1.807, 2.05) is 31.2 Å². The first-order valence-electron chi connectivity index (χ1n) is 8.73. The third-order valence-corrected chi connectivity index (χ3v) is 4.70. The fraction of sp³-hybridized carbons (Fsp3) is 0.273. The van der Waals surface area contributed by atoms with Crippen LogP contribution in [0.4, 0.5) is 4.39 Å². The highest BCUT2D eigenvalue weighted by Crippen LogP contribution is 2.40. The van der Waals surface area contributed by atoms with E-state index in [1.165, 1.54) is 18.2 Å². The van der Waals surface area contributed by atoms with Crippen LogP contribution in [0.3, 0.4) is 0 Å². The number of benzene rings is 2. The molecular weight excluding hydrogens is 331 g/mol. The lowest BCUT2D eigenvalue weighted by Crippen LogP contribution is -2.34. The van der Waals surface area contributed by atoms with Gasteiger partial charge in [-0.15, -0.1) is 0 Å². The number of esters is 1. The van der Waals surface area contributed by atoms with Crippen molar-refractivity contribution in [1.29, 1.82) is 0 Å². The van der Waals surface area contributed by atoms with Crippen molar-refractivity contribution in [3.63, 3.8) is 0 Å². The van der Waals surface area contributed by atoms with Crippen LogP contribution >= 0.6 is 0 Å². The molecule has 2 aromatic rings. The fourth-order valence-electron chi connectivity index (χ4n) is 3.40. The van der Waals surface area contributed by atoms with Gasteiger partial charge in [-0.1, -0.05) is 42.0 Å². The minimum Gasteiger partial charge on any atom is -0.465 e. The van der Waals surface area contributed by atoms with Gasteiger partial charge in [0, 0.05) is 5.92 Å². The molecule has 3 nitrogen and oxygen atoms in total. The van der Waals surface area contributed by atoms with Crippen molar-refractivity contribution in [3.05, 3.63) is 77.1 Å². The van der Waals surface area contributed by atoms with E-state index in [0.29, 0.717) is 12.0 Å². The number of allylic oxidation sites excluding steroid dienone is 2. The van der Waals surface area contributed by atoms with Gasteiger partial charge >= 0.3 is 5.97 Å². The van der Waals surface area contributed by atoms with Crippen molar-refractivity contribution in [2.75, 3.05) is 6.61 Å². The second-order valence-corrected chi connectivity index (χ2v) is 6.53. The van der Waals surface area contributed by atoms with Gasteiger partial charge in [0.2, 0.25) is 0 Å². The summed E-state index contributed by atoms with van der Waals surface area (Å²) in [6, 6.07) is 14.0. The van der Waals surface area contributed by atoms with Gasteiger partial charge in [0.05, 0.1) is 6.61 Å². The Morgan fingerprint density at radius 2 is 1.92 bits per heavy atom. The van der Waals surface area contributed by atoms with Crippen molar-refractivity contribution in [1.82, 2.24) is 0 Å². The molecule has 1 aliphatic rings. The minimum absolute atomic E-state index is 0.201. The summed E-state index contributed by atoms with van der Waals surface area (Å²) in [4.78, 5) is 25.2. The summed E-state index contributed by atoms with van der Waals surface area (Å²) >= 11 is 0. The highest BCUT2D eigenvalue weighted by Gasteiger charge is 2.39. The third-order valence-electron chi connectivity index (χ3n) is 4.70. The van der Waals surface area contributed by atoms with Crippen LogP contribution in [0.1, 0.15) is 36.0 Å². The molecule has 0 unspecified atom stereocenters. The number of ketones is 1. The summed E-state index contributed by atoms with van der Waals surface area (Å²) < 4.78 is 18.9. The van der Waals surface area contributed by atoms with Crippen molar-refractivity contribution < 1.29 is 18.7 Å². The van der Waals surface area contributed by atoms with Crippen LogP contribution in [0.15, 0.2) is 54.6 Å². The number of aryl methyl sites for hydroxylation is 1. The zero-order valence-corrected chi connectivity index (χ0v) is 14.9. The van der Waals surface area contributed by atoms with E-state index in [0.717, 1.165) is 16.7 Å². The van der Waals surface area contributed by atoms with E-state index in [2.05, 4.69) is 0 Å². The molecule has 0 aromatic heterocycles. The van der Waals surface area contributed by atoms with E-state index in [9.17, 15) is 14.0 Å². The van der Waals surface area contributed by atoms with Gasteiger partial charge < -0.3 is 4.74 Å². The average Bonchev–Trinajstić information content (AvgIpc) is 2.61. The van der Waals surface area contributed by atoms with E-state index in [-0.39, 0.29) is 18.2 Å². The maximum absolute atomic E-state index is 13.7. The maximum Gasteiger partial charge on any atom is 0.317 e. The smallest absolute Gasteiger partial charge is 0.317 e. The van der Waals surface area contributed by atoms with Gasteiger partial charge in [-0.3, -0.25) is 9.59 Å². The second-order valence-electron chi connectivity index (χ2n) is 6.53. The van der Waals surface area contributed by atoms with E-state index >= 15 is 0 Å². The lowest BCUT2D eigenvalue weighted by molar-refractivity contribution is -0.151. The highest BCUT2D eigenvalue weighted by molar-refractivity contribution is 6.10. The van der Waals surface area contributed by atoms with E-state index in [4.69, 9.17) is 4.74 Å². The summed E-state index contributed by atoms with van der Waals surface area (Å²) in [5.41, 5.74) is 3.55. The molecule has 0 N–H and O–H groups in total. The number of hydrogen-bond donors (Lipinski definition) is 0. The van der Waals surface area contributed by atoms with Crippen LogP contribution in [0.2, 0.25) is 0 Å². The summed E-state index contributed by atoms with van der Waals surface area (Å²) in [6.07, 6.45) is 2.00. The molecule has 3 rings (SSSR count). The van der Waals surface area contributed by atoms with Crippen molar-refractivity contribution >= 4 is 17.3 Å². The van der Waals surface area contributed by atoms with Gasteiger partial charge in [-0.25, -0.2) is 4.39 Å². The standard InChI is InChI=1S/C22H21FO3/c1-3-26-22(25)21-19(16-5-4-6-18(23)11-16)12-17(13-20(21)24)15-9-7-14(2)8-10-15/h4-11,13,19,21H,3,12H2,1-2H3/t19-,21+/m1/s1. The third kappa shape index (κ3) is 3.74. The summed E-state index contributed by atoms with van der Waals surface area (Å²) in [5, 5.41) is 0. The molecule has 1 aliphatic carbocycles. The first-order chi connectivity index (χ1) is 12.5. The quantitative estimate of drug-likeness (QED) is 0.603. The monoisotopic (exact) mass is 352 g/mol. The number of carbonyl (C=O) groups excluding carboxylic acids is 2. The van der Waals surface area contributed by atoms with Crippen LogP contribution in [0.25, 0.3) is 5.57 Å². The summed E-state index contributed by atoms with van der Waals surface area (Å²) in [6.45, 7) is 3.90. The Bertz CT molecular complexity index is 852. The normalized spacial score (nSPS) is 19.8. The Hall–Kier alpha value is -2.75. The number of halogens is 1. The molecule has 0 fully saturated rings. The molecule has 0 aliphatic heterocycles. The maximum atomic E-state index is 13.7. The average molecular weight is 352 g/mol. The number of rotatable bonds is 4. The second kappa shape index (κ2) is 7.65. The first-order valence-corrected chi connectivity index (χ1v) is 8.73. The molecule has 0 saturated carbocycles. The van der Waals surface area contributed by atoms with Crippen molar-refractivity contribution in [2.24, 2.45) is 5.92 Å². The van der Waals surface area contributed by atoms with Gasteiger partial charge in [-0.2, -0.15) is 0 Å². The lowest BCUT2D eigenvalue weighted by Gasteiger charge is -2.29. The molecule has 0 radical (unpaired) electrons. The summed E-state index contributed by atoms with van der Waals surface area (Å²) in [7, 11) is 0. The zero-order chi connectivity index (χ0) is 18.7. The van der Waals surface area contributed by atoms with Crippen LogP contribution < -0.4 is 0 Å². The van der Waals surface area contributed by atoms with Crippen LogP contribution in [-0.2, 0) is 14.3 Å². The SMILES string of the molecule is CCOC(=O)[C@@H]1C(=O)C=C(c2ccc(C)cc2)C[C@@H]1c1cccc(F)c1. The molecule has 4 heteroatoms. The fourth-order valence-corrected chi connectivity index (χ4v) is 3.40. The van der Waals surface area contributed by atoms with E-state index < -0.39 is 17.8 Å². The van der Waals surface area contributed by atoms with Crippen molar-refractivity contribution in [2.45, 2.75) is 26.2 Å². The molecule has 2 aromatic carbocycles. The Morgan fingerprint density at radius 1 is 1.19 bits per heavy atom. The summed E-state index contributed by atoms with van der Waals surface area (Å²) in [5.74, 6) is -2.61. The number of carbonyl (C=O) groups is 2. The predicted molar refractivity (Wildman–Crippen MR) is 98.0 cm³/mol. The van der Waals surface area contributed by atoms with Crippen molar-refractivity contribution in [3.8, 4) is 0 Å². The Balaban J connectivity index is 2.02. The molecule has 0 saturated heterocycles. The van der Waals surface area contributed by atoms with Gasteiger partial charge in [0.25, 0.3) is 0 Å². The predicted octanol–water partition coefficient (Wildman–Crippen LogP) is 4.45. The van der Waals surface area contributed by atoms with Gasteiger partial charge in [0.15, 0.2) is 5.78 Å². The molecule has 0 amide bonds. The topological polar surface area (TPSA) is 43.4 Å². The molecule has 0 spiro atoms. The van der Waals surface area contributed by atoms with Gasteiger partial charge in [0.1, 0.15) is 11.7 Å². The lowest BCUT2D eigenvalue weighted by atomic mass is 9.73. The Kier molecular flexibility index (Phi) is 5.31. The zero-order valence-electron chi connectivity index (χ0n) is 14.9. The number of ether oxygens (including phenoxy) is 1. The molecular formula is C22H21FO3. The van der Waals surface area contributed by atoms with E-state index in [1.54, 1.807) is 19.1 Å². The largest absolute Gasteiger partial charge is 0.465 e. The van der Waals surface area contributed by atoms with Crippen LogP contribution in [-0.4, -0.2) is 18.4 Å². The van der Waals surface area contributed by atoms with Crippen LogP contribution in [0, 0.1) is 18.7 Å². The molecule has 2 atom stereocenters. The molecule has 26 heavy (non-hydrogen) atoms. The van der Waals surface area contributed by atoms with Gasteiger partial charge in [-0.05, 0) is 55.2 Å². The number of hydrogen-bond acceptors (Lipinski definition) is 3. The molecule has 134 valence electrons. The molecule has 0 bridgehead atoms. The van der Waals surface area contributed by atoms with Crippen LogP contribution in [0.5, 0.6) is 0 Å². The Morgan fingerprint density at radius 3 is 2.58 bits per heavy atom. The Labute approximate surface area is 152 Å². The molecule has 0 heterocycles. The minimum atomic E-state index is -0.939. The highest BCUT2D eigenvalue weighted by atomic mass is 19.1.